The van der Waals surface area contributed by atoms with Gasteiger partial charge in [-0.2, -0.15) is 0 Å². The lowest BCUT2D eigenvalue weighted by Crippen LogP contribution is -2.44. The maximum atomic E-state index is 12.4. The molecular formula is C23H28N4O5. The number of rotatable bonds is 8. The van der Waals surface area contributed by atoms with Gasteiger partial charge < -0.3 is 20.1 Å². The molecule has 0 saturated heterocycles. The van der Waals surface area contributed by atoms with Gasteiger partial charge in [-0.05, 0) is 43.7 Å². The molecule has 1 heterocycles. The average Bonchev–Trinajstić information content (AvgIpc) is 2.75. The van der Waals surface area contributed by atoms with Crippen LogP contribution in [0.15, 0.2) is 42.5 Å². The Morgan fingerprint density at radius 2 is 1.66 bits per heavy atom. The second kappa shape index (κ2) is 11.1. The normalized spacial score (nSPS) is 12.2. The second-order valence-corrected chi connectivity index (χ2v) is 7.43. The average molecular weight is 441 g/mol. The fourth-order valence-corrected chi connectivity index (χ4v) is 3.29. The number of anilines is 2. The number of carbonyl (C=O) groups is 3. The van der Waals surface area contributed by atoms with Crippen molar-refractivity contribution in [2.75, 3.05) is 43.5 Å². The highest BCUT2D eigenvalue weighted by molar-refractivity contribution is 6.02. The maximum Gasteiger partial charge on any atom is 0.325 e. The molecule has 0 radical (unpaired) electrons. The van der Waals surface area contributed by atoms with Crippen molar-refractivity contribution < 1.29 is 23.9 Å². The highest BCUT2D eigenvalue weighted by atomic mass is 16.6. The minimum absolute atomic E-state index is 0.0410. The van der Waals surface area contributed by atoms with Crippen LogP contribution in [0.1, 0.15) is 18.9 Å². The molecule has 0 fully saturated rings. The van der Waals surface area contributed by atoms with Crippen LogP contribution >= 0.6 is 0 Å². The molecule has 0 unspecified atom stereocenters. The number of hydrogen-bond acceptors (Lipinski definition) is 6. The first-order valence-corrected chi connectivity index (χ1v) is 10.5. The number of benzene rings is 2. The van der Waals surface area contributed by atoms with Gasteiger partial charge in [0.05, 0.1) is 13.1 Å². The van der Waals surface area contributed by atoms with Crippen molar-refractivity contribution in [1.82, 2.24) is 10.2 Å². The van der Waals surface area contributed by atoms with E-state index in [1.807, 2.05) is 38.1 Å². The fraction of sp³-hybridized carbons (Fsp3) is 0.348. The predicted molar refractivity (Wildman–Crippen MR) is 121 cm³/mol. The van der Waals surface area contributed by atoms with Crippen molar-refractivity contribution in [3.63, 3.8) is 0 Å². The van der Waals surface area contributed by atoms with Gasteiger partial charge in [0.15, 0.2) is 11.5 Å². The monoisotopic (exact) mass is 440 g/mol. The Labute approximate surface area is 187 Å². The Morgan fingerprint density at radius 1 is 0.938 bits per heavy atom. The Bertz CT molecular complexity index is 979. The SMILES string of the molecule is CCCN(CC(=O)NC(=O)Nc1ccc2c(c1)OCCO2)CC(=O)Nc1ccccc1C. The largest absolute Gasteiger partial charge is 0.486 e. The van der Waals surface area contributed by atoms with E-state index in [1.165, 1.54) is 0 Å². The number of hydrogen-bond donors (Lipinski definition) is 3. The highest BCUT2D eigenvalue weighted by Gasteiger charge is 2.17. The molecule has 170 valence electrons. The lowest BCUT2D eigenvalue weighted by molar-refractivity contribution is -0.122. The van der Waals surface area contributed by atoms with E-state index in [9.17, 15) is 14.4 Å². The number of nitrogens with zero attached hydrogens (tertiary/aromatic N) is 1. The number of fused-ring (bicyclic) bond motifs is 1. The summed E-state index contributed by atoms with van der Waals surface area (Å²) < 4.78 is 10.9. The zero-order chi connectivity index (χ0) is 22.9. The van der Waals surface area contributed by atoms with Gasteiger partial charge >= 0.3 is 6.03 Å². The number of ether oxygens (including phenoxy) is 2. The smallest absolute Gasteiger partial charge is 0.325 e. The minimum atomic E-state index is -0.660. The van der Waals surface area contributed by atoms with Gasteiger partial charge in [0.1, 0.15) is 13.2 Å². The van der Waals surface area contributed by atoms with Crippen molar-refractivity contribution in [2.24, 2.45) is 0 Å². The molecule has 3 rings (SSSR count). The number of nitrogens with one attached hydrogen (secondary N) is 3. The summed E-state index contributed by atoms with van der Waals surface area (Å²) in [7, 11) is 0. The van der Waals surface area contributed by atoms with E-state index in [0.717, 1.165) is 17.7 Å². The summed E-state index contributed by atoms with van der Waals surface area (Å²) in [5, 5.41) is 7.76. The van der Waals surface area contributed by atoms with Crippen molar-refractivity contribution in [3.8, 4) is 11.5 Å². The number of amides is 4. The zero-order valence-electron chi connectivity index (χ0n) is 18.3. The van der Waals surface area contributed by atoms with E-state index in [4.69, 9.17) is 9.47 Å². The molecule has 3 N–H and O–H groups in total. The van der Waals surface area contributed by atoms with Crippen LogP contribution in [0.2, 0.25) is 0 Å². The third-order valence-corrected chi connectivity index (χ3v) is 4.75. The molecule has 0 spiro atoms. The van der Waals surface area contributed by atoms with Crippen LogP contribution in [0, 0.1) is 6.92 Å². The molecule has 0 aromatic heterocycles. The van der Waals surface area contributed by atoms with Gasteiger partial charge in [-0.1, -0.05) is 25.1 Å². The quantitative estimate of drug-likeness (QED) is 0.582. The first-order valence-electron chi connectivity index (χ1n) is 10.5. The van der Waals surface area contributed by atoms with E-state index >= 15 is 0 Å². The summed E-state index contributed by atoms with van der Waals surface area (Å²) in [6.07, 6.45) is 0.758. The summed E-state index contributed by atoms with van der Waals surface area (Å²) in [5.74, 6) is 0.421. The van der Waals surface area contributed by atoms with Crippen LogP contribution in [0.25, 0.3) is 0 Å². The molecule has 2 aromatic rings. The third-order valence-electron chi connectivity index (χ3n) is 4.75. The van der Waals surface area contributed by atoms with Crippen LogP contribution in [-0.2, 0) is 9.59 Å². The number of carbonyl (C=O) groups excluding carboxylic acids is 3. The number of imide groups is 1. The summed E-state index contributed by atoms with van der Waals surface area (Å²) in [6.45, 7) is 5.28. The van der Waals surface area contributed by atoms with Gasteiger partial charge in [-0.25, -0.2) is 4.79 Å². The molecule has 2 aromatic carbocycles. The van der Waals surface area contributed by atoms with Crippen molar-refractivity contribution >= 4 is 29.2 Å². The molecular weight excluding hydrogens is 412 g/mol. The van der Waals surface area contributed by atoms with Crippen molar-refractivity contribution in [3.05, 3.63) is 48.0 Å². The molecule has 1 aliphatic heterocycles. The van der Waals surface area contributed by atoms with Gasteiger partial charge in [-0.3, -0.25) is 19.8 Å². The molecule has 0 saturated carbocycles. The Hall–Kier alpha value is -3.59. The number of urea groups is 1. The number of para-hydroxylation sites is 1. The summed E-state index contributed by atoms with van der Waals surface area (Å²) in [4.78, 5) is 38.7. The molecule has 0 aliphatic carbocycles. The first kappa shape index (κ1) is 23.1. The molecule has 4 amide bonds. The molecule has 32 heavy (non-hydrogen) atoms. The molecule has 9 nitrogen and oxygen atoms in total. The predicted octanol–water partition coefficient (Wildman–Crippen LogP) is 2.77. The third kappa shape index (κ3) is 6.71. The first-order chi connectivity index (χ1) is 15.4. The lowest BCUT2D eigenvalue weighted by Gasteiger charge is -2.21. The molecule has 0 atom stereocenters. The molecule has 0 bridgehead atoms. The summed E-state index contributed by atoms with van der Waals surface area (Å²) >= 11 is 0. The topological polar surface area (TPSA) is 109 Å². The van der Waals surface area contributed by atoms with Crippen LogP contribution in [0.3, 0.4) is 0 Å². The van der Waals surface area contributed by atoms with Gasteiger partial charge in [0.25, 0.3) is 0 Å². The van der Waals surface area contributed by atoms with Crippen LogP contribution in [0.4, 0.5) is 16.2 Å². The van der Waals surface area contributed by atoms with Crippen molar-refractivity contribution in [1.29, 1.82) is 0 Å². The Balaban J connectivity index is 1.50. The highest BCUT2D eigenvalue weighted by Crippen LogP contribution is 2.32. The van der Waals surface area contributed by atoms with Crippen LogP contribution in [-0.4, -0.2) is 55.6 Å². The van der Waals surface area contributed by atoms with Gasteiger partial charge in [-0.15, -0.1) is 0 Å². The van der Waals surface area contributed by atoms with E-state index in [-0.39, 0.29) is 19.0 Å². The fourth-order valence-electron chi connectivity index (χ4n) is 3.29. The van der Waals surface area contributed by atoms with Crippen molar-refractivity contribution in [2.45, 2.75) is 20.3 Å². The van der Waals surface area contributed by atoms with Crippen LogP contribution in [0.5, 0.6) is 11.5 Å². The Kier molecular flexibility index (Phi) is 8.04. The van der Waals surface area contributed by atoms with Gasteiger partial charge in [0, 0.05) is 17.4 Å². The van der Waals surface area contributed by atoms with Crippen LogP contribution < -0.4 is 25.4 Å². The zero-order valence-corrected chi connectivity index (χ0v) is 18.3. The number of aryl methyl sites for hydroxylation is 1. The lowest BCUT2D eigenvalue weighted by atomic mass is 10.2. The summed E-state index contributed by atoms with van der Waals surface area (Å²) in [5.41, 5.74) is 2.16. The van der Waals surface area contributed by atoms with Gasteiger partial charge in [0.2, 0.25) is 11.8 Å². The minimum Gasteiger partial charge on any atom is -0.486 e. The maximum absolute atomic E-state index is 12.4. The molecule has 9 heteroatoms. The van der Waals surface area contributed by atoms with E-state index < -0.39 is 11.9 Å². The summed E-state index contributed by atoms with van der Waals surface area (Å²) in [6, 6.07) is 11.8. The van der Waals surface area contributed by atoms with E-state index in [0.29, 0.717) is 36.9 Å². The van der Waals surface area contributed by atoms with E-state index in [2.05, 4.69) is 16.0 Å². The second-order valence-electron chi connectivity index (χ2n) is 7.43. The standard InChI is InChI=1S/C23H28N4O5/c1-3-10-27(14-21(28)25-18-7-5-4-6-16(18)2)15-22(29)26-23(30)24-17-8-9-19-20(13-17)32-12-11-31-19/h4-9,13H,3,10-12,14-15H2,1-2H3,(H,25,28)(H2,24,26,29,30). The van der Waals surface area contributed by atoms with E-state index in [1.54, 1.807) is 23.1 Å². The molecule has 1 aliphatic rings. The Morgan fingerprint density at radius 3 is 2.41 bits per heavy atom.